The molecule has 38 heavy (non-hydrogen) atoms. The minimum absolute atomic E-state index is 0.0223. The fraction of sp³-hybridized carbons (Fsp3) is 0.793. The number of Topliss-reactive ketones (excluding diaryl/α,β-unsaturated/α-hetero) is 1. The van der Waals surface area contributed by atoms with Gasteiger partial charge in [-0.3, -0.25) is 19.2 Å². The molecule has 4 rings (SSSR count). The van der Waals surface area contributed by atoms with E-state index in [1.807, 2.05) is 6.92 Å². The van der Waals surface area contributed by atoms with Crippen molar-refractivity contribution < 1.29 is 39.2 Å². The molecule has 212 valence electrons. The van der Waals surface area contributed by atoms with E-state index >= 15 is 0 Å². The van der Waals surface area contributed by atoms with Crippen molar-refractivity contribution in [2.75, 3.05) is 13.2 Å². The molecule has 9 heteroatoms. The normalized spacial score (nSPS) is 38.4. The Morgan fingerprint density at radius 1 is 1.13 bits per heavy atom. The lowest BCUT2D eigenvalue weighted by molar-refractivity contribution is -0.184. The van der Waals surface area contributed by atoms with E-state index in [-0.39, 0.29) is 61.2 Å². The van der Waals surface area contributed by atoms with Crippen molar-refractivity contribution in [1.82, 2.24) is 5.32 Å². The lowest BCUT2D eigenvalue weighted by atomic mass is 9.45. The van der Waals surface area contributed by atoms with Crippen molar-refractivity contribution in [3.8, 4) is 0 Å². The number of aliphatic hydroxyl groups excluding tert-OH is 2. The smallest absolute Gasteiger partial charge is 0.306 e. The molecule has 0 unspecified atom stereocenters. The van der Waals surface area contributed by atoms with E-state index in [0.29, 0.717) is 19.3 Å². The molecular weight excluding hydrogens is 490 g/mol. The first-order chi connectivity index (χ1) is 17.7. The van der Waals surface area contributed by atoms with E-state index in [4.69, 9.17) is 4.74 Å². The average molecular weight is 534 g/mol. The van der Waals surface area contributed by atoms with Gasteiger partial charge >= 0.3 is 5.97 Å². The van der Waals surface area contributed by atoms with Crippen LogP contribution in [0.1, 0.15) is 85.5 Å². The highest BCUT2D eigenvalue weighted by Gasteiger charge is 2.68. The minimum atomic E-state index is -1.72. The van der Waals surface area contributed by atoms with Gasteiger partial charge in [0.15, 0.2) is 12.4 Å². The van der Waals surface area contributed by atoms with Gasteiger partial charge in [-0.05, 0) is 81.6 Å². The summed E-state index contributed by atoms with van der Waals surface area (Å²) in [5.74, 6) is -1.40. The number of carbonyl (C=O) groups is 4. The Morgan fingerprint density at radius 3 is 2.53 bits per heavy atom. The first kappa shape index (κ1) is 28.9. The van der Waals surface area contributed by atoms with Crippen LogP contribution < -0.4 is 5.32 Å². The molecule has 0 aromatic heterocycles. The van der Waals surface area contributed by atoms with Gasteiger partial charge in [-0.25, -0.2) is 0 Å². The summed E-state index contributed by atoms with van der Waals surface area (Å²) in [5.41, 5.74) is -2.50. The Morgan fingerprint density at radius 2 is 1.84 bits per heavy atom. The standard InChI is InChI=1S/C29H43NO8/c1-26(2,16-31)30-23(35)7-8-24(36)38-15-22(34)29(37)12-10-20-19-6-5-17-13-18(32)9-11-27(17,3)25(19)21(33)14-28(20,29)4/h13,19-21,25,31,33,37H,5-12,14-16H2,1-4H3,(H,30,35)/t19-,20+,21-,25-,27-,28-,29-/m0/s1. The van der Waals surface area contributed by atoms with Gasteiger partial charge in [0.05, 0.1) is 24.7 Å². The lowest BCUT2D eigenvalue weighted by Crippen LogP contribution is -2.62. The average Bonchev–Trinajstić information content (AvgIpc) is 3.12. The van der Waals surface area contributed by atoms with Crippen molar-refractivity contribution in [2.24, 2.45) is 28.6 Å². The number of fused-ring (bicyclic) bond motifs is 5. The van der Waals surface area contributed by atoms with Crippen molar-refractivity contribution in [2.45, 2.75) is 103 Å². The third kappa shape index (κ3) is 4.86. The maximum atomic E-state index is 13.3. The highest BCUT2D eigenvalue weighted by atomic mass is 16.5. The van der Waals surface area contributed by atoms with Crippen LogP contribution in [0.15, 0.2) is 11.6 Å². The Bertz CT molecular complexity index is 1040. The molecule has 3 fully saturated rings. The van der Waals surface area contributed by atoms with Crippen LogP contribution in [-0.2, 0) is 23.9 Å². The quantitative estimate of drug-likeness (QED) is 0.346. The number of aliphatic hydroxyl groups is 3. The van der Waals surface area contributed by atoms with Gasteiger partial charge in [0, 0.05) is 18.3 Å². The second-order valence-corrected chi connectivity index (χ2v) is 13.2. The SMILES string of the molecule is CC(C)(CO)NC(=O)CCC(=O)OCC(=O)[C@@]1(O)CC[C@@H]2[C@@H]3CCC4=CC(=O)CC[C@]4(C)[C@@H]3[C@@H](O)C[C@@]21C. The molecule has 4 aliphatic rings. The number of allylic oxidation sites excluding steroid dienone is 1. The fourth-order valence-corrected chi connectivity index (χ4v) is 8.18. The molecule has 0 radical (unpaired) electrons. The molecule has 0 bridgehead atoms. The van der Waals surface area contributed by atoms with Crippen LogP contribution in [0, 0.1) is 28.6 Å². The van der Waals surface area contributed by atoms with Gasteiger partial charge < -0.3 is 25.4 Å². The summed E-state index contributed by atoms with van der Waals surface area (Å²) in [6.07, 6.45) is 4.65. The summed E-state index contributed by atoms with van der Waals surface area (Å²) in [6, 6.07) is 0. The zero-order chi connectivity index (χ0) is 28.1. The molecule has 1 amide bonds. The molecule has 3 saturated carbocycles. The summed E-state index contributed by atoms with van der Waals surface area (Å²) in [6.45, 7) is 6.52. The van der Waals surface area contributed by atoms with E-state index in [1.54, 1.807) is 19.9 Å². The van der Waals surface area contributed by atoms with Crippen LogP contribution in [0.4, 0.5) is 0 Å². The van der Waals surface area contributed by atoms with Gasteiger partial charge in [0.1, 0.15) is 5.60 Å². The molecule has 0 aromatic carbocycles. The summed E-state index contributed by atoms with van der Waals surface area (Å²) < 4.78 is 5.16. The monoisotopic (exact) mass is 533 g/mol. The zero-order valence-corrected chi connectivity index (χ0v) is 23.0. The molecular formula is C29H43NO8. The maximum absolute atomic E-state index is 13.3. The van der Waals surface area contributed by atoms with Gasteiger partial charge in [0.25, 0.3) is 0 Å². The molecule has 9 nitrogen and oxygen atoms in total. The van der Waals surface area contributed by atoms with E-state index in [1.165, 1.54) is 0 Å². The highest BCUT2D eigenvalue weighted by molar-refractivity contribution is 5.92. The van der Waals surface area contributed by atoms with Crippen molar-refractivity contribution in [1.29, 1.82) is 0 Å². The number of nitrogens with one attached hydrogen (secondary N) is 1. The molecule has 4 N–H and O–H groups in total. The van der Waals surface area contributed by atoms with Gasteiger partial charge in [-0.15, -0.1) is 0 Å². The molecule has 0 saturated heterocycles. The van der Waals surface area contributed by atoms with Crippen molar-refractivity contribution >= 4 is 23.4 Å². The predicted octanol–water partition coefficient (Wildman–Crippen LogP) is 2.00. The number of esters is 1. The summed E-state index contributed by atoms with van der Waals surface area (Å²) >= 11 is 0. The summed E-state index contributed by atoms with van der Waals surface area (Å²) in [4.78, 5) is 49.7. The molecule has 0 aliphatic heterocycles. The topological polar surface area (TPSA) is 150 Å². The van der Waals surface area contributed by atoms with Crippen LogP contribution in [-0.4, -0.2) is 69.2 Å². The van der Waals surface area contributed by atoms with Crippen molar-refractivity contribution in [3.63, 3.8) is 0 Å². The van der Waals surface area contributed by atoms with E-state index in [9.17, 15) is 34.5 Å². The Kier molecular flexibility index (Phi) is 7.71. The summed E-state index contributed by atoms with van der Waals surface area (Å²) in [5, 5.41) is 35.1. The number of amides is 1. The highest BCUT2D eigenvalue weighted by Crippen LogP contribution is 2.67. The van der Waals surface area contributed by atoms with Crippen molar-refractivity contribution in [3.05, 3.63) is 11.6 Å². The van der Waals surface area contributed by atoms with Crippen LogP contribution in [0.5, 0.6) is 0 Å². The Labute approximate surface area is 224 Å². The third-order valence-corrected chi connectivity index (χ3v) is 10.3. The number of rotatable bonds is 8. The summed E-state index contributed by atoms with van der Waals surface area (Å²) in [7, 11) is 0. The second kappa shape index (κ2) is 10.1. The molecule has 7 atom stereocenters. The number of hydrogen-bond donors (Lipinski definition) is 4. The van der Waals surface area contributed by atoms with Gasteiger partial charge in [-0.2, -0.15) is 0 Å². The Hall–Kier alpha value is -2.10. The van der Waals surface area contributed by atoms with E-state index in [2.05, 4.69) is 12.2 Å². The zero-order valence-electron chi connectivity index (χ0n) is 23.0. The number of carbonyl (C=O) groups excluding carboxylic acids is 4. The largest absolute Gasteiger partial charge is 0.458 e. The molecule has 0 heterocycles. The first-order valence-corrected chi connectivity index (χ1v) is 13.9. The van der Waals surface area contributed by atoms with Gasteiger partial charge in [-0.1, -0.05) is 19.4 Å². The van der Waals surface area contributed by atoms with Crippen LogP contribution in [0.2, 0.25) is 0 Å². The number of ether oxygens (including phenoxy) is 1. The molecule has 0 aromatic rings. The predicted molar refractivity (Wildman–Crippen MR) is 138 cm³/mol. The lowest BCUT2D eigenvalue weighted by Gasteiger charge is -2.60. The number of ketones is 2. The first-order valence-electron chi connectivity index (χ1n) is 13.9. The van der Waals surface area contributed by atoms with E-state index in [0.717, 1.165) is 18.4 Å². The van der Waals surface area contributed by atoms with E-state index < -0.39 is 46.9 Å². The van der Waals surface area contributed by atoms with Crippen LogP contribution in [0.25, 0.3) is 0 Å². The van der Waals surface area contributed by atoms with Crippen LogP contribution >= 0.6 is 0 Å². The number of hydrogen-bond acceptors (Lipinski definition) is 8. The molecule has 4 aliphatic carbocycles. The maximum Gasteiger partial charge on any atom is 0.306 e. The fourth-order valence-electron chi connectivity index (χ4n) is 8.18. The Balaban J connectivity index is 1.40. The minimum Gasteiger partial charge on any atom is -0.458 e. The third-order valence-electron chi connectivity index (χ3n) is 10.3. The molecule has 0 spiro atoms. The van der Waals surface area contributed by atoms with Crippen LogP contribution in [0.3, 0.4) is 0 Å². The van der Waals surface area contributed by atoms with Gasteiger partial charge in [0.2, 0.25) is 11.7 Å². The second-order valence-electron chi connectivity index (χ2n) is 13.2.